The summed E-state index contributed by atoms with van der Waals surface area (Å²) >= 11 is 0. The molecule has 1 aliphatic rings. The molecule has 1 fully saturated rings. The van der Waals surface area contributed by atoms with Gasteiger partial charge in [0.2, 0.25) is 5.91 Å². The molecule has 0 radical (unpaired) electrons. The minimum absolute atomic E-state index is 0.335. The number of amides is 1. The zero-order valence-electron chi connectivity index (χ0n) is 13.7. The summed E-state index contributed by atoms with van der Waals surface area (Å²) in [5.41, 5.74) is 5.23. The highest BCUT2D eigenvalue weighted by molar-refractivity contribution is 7.79. The lowest BCUT2D eigenvalue weighted by molar-refractivity contribution is -0.187. The molecule has 1 heterocycles. The summed E-state index contributed by atoms with van der Waals surface area (Å²) in [4.78, 5) is 14.3. The van der Waals surface area contributed by atoms with Crippen molar-refractivity contribution in [2.45, 2.75) is 30.4 Å². The van der Waals surface area contributed by atoms with Gasteiger partial charge in [-0.05, 0) is 0 Å². The number of guanidine groups is 1. The maximum atomic E-state index is 12.3. The van der Waals surface area contributed by atoms with E-state index in [1.807, 2.05) is 0 Å². The second-order valence-electron chi connectivity index (χ2n) is 5.46. The van der Waals surface area contributed by atoms with Gasteiger partial charge in [-0.2, -0.15) is 8.42 Å². The summed E-state index contributed by atoms with van der Waals surface area (Å²) in [5, 5.41) is 55.3. The lowest BCUT2D eigenvalue weighted by atomic mass is 9.88. The Morgan fingerprint density at radius 3 is 1.69 bits per heavy atom. The Kier molecular flexibility index (Phi) is 9.32. The van der Waals surface area contributed by atoms with Crippen molar-refractivity contribution in [3.8, 4) is 0 Å². The highest BCUT2D eigenvalue weighted by Gasteiger charge is 2.49. The molecule has 1 rings (SSSR count). The Morgan fingerprint density at radius 1 is 1.08 bits per heavy atom. The molecule has 0 aromatic rings. The van der Waals surface area contributed by atoms with Crippen molar-refractivity contribution in [3.63, 3.8) is 0 Å². The van der Waals surface area contributed by atoms with Crippen LogP contribution in [0.4, 0.5) is 0 Å². The molecule has 15 heteroatoms. The van der Waals surface area contributed by atoms with Crippen LogP contribution >= 0.6 is 0 Å². The zero-order chi connectivity index (χ0) is 20.8. The van der Waals surface area contributed by atoms with Crippen molar-refractivity contribution in [2.24, 2.45) is 5.73 Å². The summed E-state index contributed by atoms with van der Waals surface area (Å²) in [6, 6.07) is -2.35. The average molecular weight is 404 g/mol. The van der Waals surface area contributed by atoms with Crippen LogP contribution in [0, 0.1) is 5.41 Å². The fourth-order valence-corrected chi connectivity index (χ4v) is 2.36. The third kappa shape index (κ3) is 6.96. The van der Waals surface area contributed by atoms with Gasteiger partial charge in [0.1, 0.15) is 18.3 Å². The molecule has 0 spiro atoms. The van der Waals surface area contributed by atoms with Crippen LogP contribution in [0.3, 0.4) is 0 Å². The van der Waals surface area contributed by atoms with Gasteiger partial charge in [0.05, 0.1) is 31.8 Å². The van der Waals surface area contributed by atoms with Gasteiger partial charge in [0.15, 0.2) is 5.96 Å². The monoisotopic (exact) mass is 404 g/mol. The molecule has 0 aliphatic carbocycles. The van der Waals surface area contributed by atoms with Crippen molar-refractivity contribution in [2.75, 3.05) is 26.8 Å². The third-order valence-corrected chi connectivity index (χ3v) is 3.65. The first kappa shape index (κ1) is 24.4. The van der Waals surface area contributed by atoms with E-state index in [4.69, 9.17) is 28.7 Å². The summed E-state index contributed by atoms with van der Waals surface area (Å²) in [6.07, 6.45) is -4.70. The predicted molar refractivity (Wildman–Crippen MR) is 85.3 cm³/mol. The number of hydrogen-bond donors (Lipinski definition) is 9. The maximum absolute atomic E-state index is 12.3. The fourth-order valence-electron chi connectivity index (χ4n) is 2.36. The number of piperidine rings is 1. The molecule has 14 nitrogen and oxygen atoms in total. The highest BCUT2D eigenvalue weighted by Crippen LogP contribution is 2.24. The SMILES string of the molecule is CN(CC(=O)N1[C@H](CO)[C@H](O)[C@@H](O)[C@H](O)[C@H]1CO)C(=N)N.O=S(=O)(O)O. The number of carbonyl (C=O) groups excluding carboxylic acids is 1. The van der Waals surface area contributed by atoms with Crippen molar-refractivity contribution in [3.05, 3.63) is 0 Å². The van der Waals surface area contributed by atoms with E-state index in [-0.39, 0.29) is 12.5 Å². The van der Waals surface area contributed by atoms with E-state index < -0.39 is 59.9 Å². The van der Waals surface area contributed by atoms with Crippen LogP contribution in [0.2, 0.25) is 0 Å². The van der Waals surface area contributed by atoms with Crippen molar-refractivity contribution < 1.29 is 47.9 Å². The molecule has 5 atom stereocenters. The number of aliphatic hydroxyl groups is 5. The number of nitrogens with zero attached hydrogens (tertiary/aromatic N) is 2. The molecule has 0 unspecified atom stereocenters. The van der Waals surface area contributed by atoms with E-state index in [0.29, 0.717) is 0 Å². The fraction of sp³-hybridized carbons (Fsp3) is 0.818. The Balaban J connectivity index is 0.00000110. The number of nitrogens with one attached hydrogen (secondary N) is 1. The first-order chi connectivity index (χ1) is 11.8. The maximum Gasteiger partial charge on any atom is 0.394 e. The molecule has 0 aromatic carbocycles. The third-order valence-electron chi connectivity index (χ3n) is 3.65. The number of aliphatic hydroxyl groups excluding tert-OH is 5. The number of nitrogens with two attached hydrogens (primary N) is 1. The molecule has 1 saturated heterocycles. The predicted octanol–water partition coefficient (Wildman–Crippen LogP) is -5.19. The van der Waals surface area contributed by atoms with Crippen LogP contribution in [-0.4, -0.2) is 122 Å². The second kappa shape index (κ2) is 9.93. The van der Waals surface area contributed by atoms with Gasteiger partial charge < -0.3 is 41.1 Å². The summed E-state index contributed by atoms with van der Waals surface area (Å²) in [5.74, 6) is -1.02. The highest BCUT2D eigenvalue weighted by atomic mass is 32.3. The summed E-state index contributed by atoms with van der Waals surface area (Å²) in [6.45, 7) is -1.65. The quantitative estimate of drug-likeness (QED) is 0.121. The number of rotatable bonds is 4. The molecule has 10 N–H and O–H groups in total. The van der Waals surface area contributed by atoms with E-state index in [1.165, 1.54) is 7.05 Å². The van der Waals surface area contributed by atoms with Gasteiger partial charge in [0.25, 0.3) is 0 Å². The largest absolute Gasteiger partial charge is 0.394 e. The first-order valence-corrected chi connectivity index (χ1v) is 8.48. The zero-order valence-corrected chi connectivity index (χ0v) is 14.6. The molecule has 0 saturated carbocycles. The molecule has 154 valence electrons. The molecule has 26 heavy (non-hydrogen) atoms. The van der Waals surface area contributed by atoms with E-state index in [2.05, 4.69) is 0 Å². The second-order valence-corrected chi connectivity index (χ2v) is 6.36. The lowest BCUT2D eigenvalue weighted by Crippen LogP contribution is -2.70. The first-order valence-electron chi connectivity index (χ1n) is 7.08. The molecule has 0 aromatic heterocycles. The standard InChI is InChI=1S/C11H22N4O6.H2O4S/c1-14(11(12)13)2-7(18)15-5(3-16)8(19)10(21)9(20)6(15)4-17;1-5(2,3)4/h5-6,8-10,16-17,19-21H,2-4H2,1H3,(H3,12,13);(H2,1,2,3,4)/t5-,6-,8-,9+,10+;/m1./s1. The number of likely N-dealkylation sites (tertiary alicyclic amines) is 1. The smallest absolute Gasteiger partial charge is 0.394 e. The summed E-state index contributed by atoms with van der Waals surface area (Å²) in [7, 11) is -3.27. The topological polar surface area (TPSA) is 249 Å². The van der Waals surface area contributed by atoms with Gasteiger partial charge in [-0.1, -0.05) is 0 Å². The molecule has 1 amide bonds. The normalized spacial score (nSPS) is 28.8. The van der Waals surface area contributed by atoms with E-state index >= 15 is 0 Å². The van der Waals surface area contributed by atoms with Crippen LogP contribution < -0.4 is 5.73 Å². The van der Waals surface area contributed by atoms with Gasteiger partial charge in [-0.3, -0.25) is 19.3 Å². The Bertz CT molecular complexity index is 562. The Hall–Kier alpha value is -1.59. The van der Waals surface area contributed by atoms with Crippen molar-refractivity contribution >= 4 is 22.3 Å². The van der Waals surface area contributed by atoms with Crippen LogP contribution in [-0.2, 0) is 15.2 Å². The lowest BCUT2D eigenvalue weighted by Gasteiger charge is -2.48. The van der Waals surface area contributed by atoms with Gasteiger partial charge in [-0.25, -0.2) is 0 Å². The van der Waals surface area contributed by atoms with Crippen LogP contribution in [0.25, 0.3) is 0 Å². The van der Waals surface area contributed by atoms with E-state index in [9.17, 15) is 30.3 Å². The van der Waals surface area contributed by atoms with Crippen LogP contribution in [0.5, 0.6) is 0 Å². The summed E-state index contributed by atoms with van der Waals surface area (Å²) < 4.78 is 31.6. The van der Waals surface area contributed by atoms with Crippen molar-refractivity contribution in [1.29, 1.82) is 5.41 Å². The van der Waals surface area contributed by atoms with Crippen LogP contribution in [0.1, 0.15) is 0 Å². The number of hydrogen-bond acceptors (Lipinski definition) is 9. The van der Waals surface area contributed by atoms with E-state index in [0.717, 1.165) is 9.80 Å². The van der Waals surface area contributed by atoms with Crippen molar-refractivity contribution in [1.82, 2.24) is 9.80 Å². The van der Waals surface area contributed by atoms with Gasteiger partial charge in [-0.15, -0.1) is 0 Å². The number of carbonyl (C=O) groups is 1. The Morgan fingerprint density at radius 2 is 1.42 bits per heavy atom. The van der Waals surface area contributed by atoms with Crippen LogP contribution in [0.15, 0.2) is 0 Å². The molecule has 0 bridgehead atoms. The Labute approximate surface area is 149 Å². The molecule has 1 aliphatic heterocycles. The number of likely N-dealkylation sites (N-methyl/N-ethyl adjacent to an activating group) is 1. The van der Waals surface area contributed by atoms with Gasteiger partial charge >= 0.3 is 10.4 Å². The molecular formula is C11H24N4O10S. The van der Waals surface area contributed by atoms with E-state index in [1.54, 1.807) is 0 Å². The molecular weight excluding hydrogens is 380 g/mol. The minimum Gasteiger partial charge on any atom is -0.394 e. The average Bonchev–Trinajstić information content (AvgIpc) is 2.50. The van der Waals surface area contributed by atoms with Gasteiger partial charge in [0, 0.05) is 7.05 Å². The minimum atomic E-state index is -4.67.